The van der Waals surface area contributed by atoms with Crippen molar-refractivity contribution in [1.29, 1.82) is 0 Å². The lowest BCUT2D eigenvalue weighted by Crippen LogP contribution is -2.28. The fraction of sp³-hybridized carbons (Fsp3) is 0.125. The monoisotopic (exact) mass is 452 g/mol. The van der Waals surface area contributed by atoms with Gasteiger partial charge in [0.05, 0.1) is 16.9 Å². The Labute approximate surface area is 187 Å². The van der Waals surface area contributed by atoms with Gasteiger partial charge in [-0.1, -0.05) is 30.3 Å². The summed E-state index contributed by atoms with van der Waals surface area (Å²) in [6, 6.07) is 17.9. The maximum Gasteiger partial charge on any atom is 0.418 e. The number of carbonyl (C=O) groups excluding carboxylic acids is 2. The molecule has 6 nitrogen and oxygen atoms in total. The van der Waals surface area contributed by atoms with E-state index in [1.807, 2.05) is 30.3 Å². The quantitative estimate of drug-likeness (QED) is 0.441. The molecule has 0 bridgehead atoms. The predicted octanol–water partition coefficient (Wildman–Crippen LogP) is 4.80. The Balaban J connectivity index is 1.38. The van der Waals surface area contributed by atoms with Crippen molar-refractivity contribution >= 4 is 28.3 Å². The van der Waals surface area contributed by atoms with Crippen molar-refractivity contribution in [2.75, 3.05) is 11.9 Å². The highest BCUT2D eigenvalue weighted by Gasteiger charge is 2.34. The summed E-state index contributed by atoms with van der Waals surface area (Å²) in [5, 5.41) is 10.7. The molecule has 0 aliphatic rings. The van der Waals surface area contributed by atoms with Crippen molar-refractivity contribution in [2.45, 2.75) is 12.6 Å². The van der Waals surface area contributed by atoms with Gasteiger partial charge in [0, 0.05) is 30.9 Å². The largest absolute Gasteiger partial charge is 0.418 e. The van der Waals surface area contributed by atoms with Gasteiger partial charge in [0.1, 0.15) is 0 Å². The maximum absolute atomic E-state index is 13.5. The summed E-state index contributed by atoms with van der Waals surface area (Å²) >= 11 is 0. The molecule has 0 unspecified atom stereocenters. The number of anilines is 1. The molecule has 9 heteroatoms. The molecule has 4 aromatic rings. The summed E-state index contributed by atoms with van der Waals surface area (Å²) in [6.07, 6.45) is -1.88. The molecule has 0 fully saturated rings. The Morgan fingerprint density at radius 3 is 2.45 bits per heavy atom. The van der Waals surface area contributed by atoms with Crippen LogP contribution in [0.3, 0.4) is 0 Å². The van der Waals surface area contributed by atoms with Crippen LogP contribution >= 0.6 is 0 Å². The molecule has 168 valence electrons. The first kappa shape index (κ1) is 22.1. The van der Waals surface area contributed by atoms with Gasteiger partial charge in [-0.2, -0.15) is 18.3 Å². The third kappa shape index (κ3) is 5.20. The third-order valence-electron chi connectivity index (χ3n) is 5.00. The van der Waals surface area contributed by atoms with E-state index in [2.05, 4.69) is 15.7 Å². The lowest BCUT2D eigenvalue weighted by molar-refractivity contribution is -0.137. The second-order valence-electron chi connectivity index (χ2n) is 7.29. The molecule has 2 N–H and O–H groups in total. The van der Waals surface area contributed by atoms with Crippen molar-refractivity contribution in [3.63, 3.8) is 0 Å². The van der Waals surface area contributed by atoms with Crippen LogP contribution in [-0.2, 0) is 11.0 Å². The average molecular weight is 452 g/mol. The van der Waals surface area contributed by atoms with Gasteiger partial charge in [-0.25, -0.2) is 4.68 Å². The van der Waals surface area contributed by atoms with Crippen LogP contribution in [0.25, 0.3) is 16.5 Å². The number of hydrogen-bond acceptors (Lipinski definition) is 3. The second-order valence-corrected chi connectivity index (χ2v) is 7.29. The van der Waals surface area contributed by atoms with Gasteiger partial charge in [-0.05, 0) is 47.2 Å². The maximum atomic E-state index is 13.5. The summed E-state index contributed by atoms with van der Waals surface area (Å²) in [5.41, 5.74) is -0.691. The Morgan fingerprint density at radius 1 is 0.939 bits per heavy atom. The van der Waals surface area contributed by atoms with Gasteiger partial charge in [-0.3, -0.25) is 9.59 Å². The normalized spacial score (nSPS) is 11.4. The first-order valence-electron chi connectivity index (χ1n) is 10.1. The predicted molar refractivity (Wildman–Crippen MR) is 118 cm³/mol. The van der Waals surface area contributed by atoms with Crippen LogP contribution in [0.1, 0.15) is 22.3 Å². The van der Waals surface area contributed by atoms with Crippen LogP contribution in [-0.4, -0.2) is 28.1 Å². The van der Waals surface area contributed by atoms with E-state index >= 15 is 0 Å². The van der Waals surface area contributed by atoms with Crippen LogP contribution in [0.15, 0.2) is 79.1 Å². The topological polar surface area (TPSA) is 76.0 Å². The molecular formula is C24H19F3N4O2. The molecule has 1 heterocycles. The standard InChI is InChI=1S/C24H19F3N4O2/c25-24(26,27)20-15-19(31-13-3-11-29-31)8-9-21(20)30-22(32)10-12-28-23(33)18-7-6-16-4-1-2-5-17(16)14-18/h1-9,11,13-15H,10,12H2,(H,28,33)(H,30,32). The molecule has 0 spiro atoms. The van der Waals surface area contributed by atoms with E-state index in [4.69, 9.17) is 0 Å². The van der Waals surface area contributed by atoms with E-state index in [1.54, 1.807) is 18.2 Å². The number of fused-ring (bicyclic) bond motifs is 1. The van der Waals surface area contributed by atoms with E-state index in [1.165, 1.54) is 29.2 Å². The molecule has 0 atom stereocenters. The van der Waals surface area contributed by atoms with Gasteiger partial charge in [0.2, 0.25) is 5.91 Å². The van der Waals surface area contributed by atoms with Crippen molar-refractivity contribution in [3.05, 3.63) is 90.3 Å². The van der Waals surface area contributed by atoms with Crippen LogP contribution in [0.4, 0.5) is 18.9 Å². The van der Waals surface area contributed by atoms with Crippen LogP contribution in [0.5, 0.6) is 0 Å². The van der Waals surface area contributed by atoms with Crippen molar-refractivity contribution in [2.24, 2.45) is 0 Å². The van der Waals surface area contributed by atoms with Gasteiger partial charge in [0.15, 0.2) is 0 Å². The van der Waals surface area contributed by atoms with Crippen LogP contribution in [0, 0.1) is 0 Å². The summed E-state index contributed by atoms with van der Waals surface area (Å²) in [6.45, 7) is -0.0236. The third-order valence-corrected chi connectivity index (χ3v) is 5.00. The first-order valence-corrected chi connectivity index (χ1v) is 10.1. The SMILES string of the molecule is O=C(CCNC(=O)c1ccc2ccccc2c1)Nc1ccc(-n2cccn2)cc1C(F)(F)F. The smallest absolute Gasteiger partial charge is 0.352 e. The highest BCUT2D eigenvalue weighted by Crippen LogP contribution is 2.36. The molecule has 0 aliphatic heterocycles. The Morgan fingerprint density at radius 2 is 1.73 bits per heavy atom. The number of alkyl halides is 3. The van der Waals surface area contributed by atoms with Crippen molar-refractivity contribution in [3.8, 4) is 5.69 Å². The number of benzene rings is 3. The molecule has 0 aliphatic carbocycles. The summed E-state index contributed by atoms with van der Waals surface area (Å²) in [4.78, 5) is 24.6. The molecule has 0 saturated heterocycles. The molecule has 3 aromatic carbocycles. The number of hydrogen-bond donors (Lipinski definition) is 2. The number of halogens is 3. The molecule has 33 heavy (non-hydrogen) atoms. The van der Waals surface area contributed by atoms with Crippen LogP contribution in [0.2, 0.25) is 0 Å². The molecule has 4 rings (SSSR count). The number of amides is 2. The number of aromatic nitrogens is 2. The number of rotatable bonds is 6. The lowest BCUT2D eigenvalue weighted by atomic mass is 10.1. The molecule has 2 amide bonds. The zero-order valence-corrected chi connectivity index (χ0v) is 17.3. The van der Waals surface area contributed by atoms with E-state index in [0.29, 0.717) is 5.56 Å². The Hall–Kier alpha value is -4.14. The number of nitrogens with one attached hydrogen (secondary N) is 2. The summed E-state index contributed by atoms with van der Waals surface area (Å²) in [7, 11) is 0. The van der Waals surface area contributed by atoms with Crippen LogP contribution < -0.4 is 10.6 Å². The van der Waals surface area contributed by atoms with E-state index in [-0.39, 0.29) is 30.2 Å². The van der Waals surface area contributed by atoms with Gasteiger partial charge >= 0.3 is 6.18 Å². The molecule has 1 aromatic heterocycles. The highest BCUT2D eigenvalue weighted by atomic mass is 19.4. The van der Waals surface area contributed by atoms with Crippen molar-refractivity contribution in [1.82, 2.24) is 15.1 Å². The average Bonchev–Trinajstić information content (AvgIpc) is 3.33. The summed E-state index contributed by atoms with van der Waals surface area (Å²) < 4.78 is 41.9. The first-order chi connectivity index (χ1) is 15.8. The van der Waals surface area contributed by atoms with E-state index in [9.17, 15) is 22.8 Å². The zero-order chi connectivity index (χ0) is 23.4. The minimum Gasteiger partial charge on any atom is -0.352 e. The lowest BCUT2D eigenvalue weighted by Gasteiger charge is -2.15. The second kappa shape index (κ2) is 9.15. The zero-order valence-electron chi connectivity index (χ0n) is 17.3. The number of carbonyl (C=O) groups is 2. The highest BCUT2D eigenvalue weighted by molar-refractivity contribution is 5.99. The van der Waals surface area contributed by atoms with Gasteiger partial charge in [-0.15, -0.1) is 0 Å². The summed E-state index contributed by atoms with van der Waals surface area (Å²) in [5.74, 6) is -1.01. The Bertz CT molecular complexity index is 1300. The molecule has 0 saturated carbocycles. The fourth-order valence-electron chi connectivity index (χ4n) is 3.37. The minimum atomic E-state index is -4.67. The molecular weight excluding hydrogens is 433 g/mol. The Kier molecular flexibility index (Phi) is 6.12. The van der Waals surface area contributed by atoms with Gasteiger partial charge in [0.25, 0.3) is 5.91 Å². The minimum absolute atomic E-state index is 0.0236. The van der Waals surface area contributed by atoms with Crippen molar-refractivity contribution < 1.29 is 22.8 Å². The van der Waals surface area contributed by atoms with E-state index < -0.39 is 17.6 Å². The van der Waals surface area contributed by atoms with Gasteiger partial charge < -0.3 is 10.6 Å². The fourth-order valence-corrected chi connectivity index (χ4v) is 3.37. The van der Waals surface area contributed by atoms with E-state index in [0.717, 1.165) is 16.8 Å². The number of nitrogens with zero attached hydrogens (tertiary/aromatic N) is 2. The molecule has 0 radical (unpaired) electrons.